The number of hydrogen-bond acceptors (Lipinski definition) is 8. The van der Waals surface area contributed by atoms with Gasteiger partial charge in [0.15, 0.2) is 5.78 Å². The molecule has 0 spiro atoms. The summed E-state index contributed by atoms with van der Waals surface area (Å²) in [7, 11) is 3.44. The van der Waals surface area contributed by atoms with Gasteiger partial charge in [0.25, 0.3) is 5.91 Å². The fraction of sp³-hybridized carbons (Fsp3) is 0.240. The lowest BCUT2D eigenvalue weighted by Gasteiger charge is -2.19. The number of carbonyl (C=O) groups is 2. The minimum absolute atomic E-state index is 0.0357. The molecule has 2 atom stereocenters. The van der Waals surface area contributed by atoms with Crippen LogP contribution in [0.2, 0.25) is 0 Å². The van der Waals surface area contributed by atoms with Gasteiger partial charge in [0.2, 0.25) is 5.56 Å². The van der Waals surface area contributed by atoms with Crippen LogP contribution in [0.25, 0.3) is 21.8 Å². The molecule has 5 aromatic carbocycles. The number of anilines is 2. The van der Waals surface area contributed by atoms with Crippen molar-refractivity contribution in [2.75, 3.05) is 19.5 Å². The number of fused-ring (bicyclic) bond motifs is 2. The highest BCUT2D eigenvalue weighted by molar-refractivity contribution is 6.08. The number of H-pyrrole nitrogens is 1. The van der Waals surface area contributed by atoms with Crippen molar-refractivity contribution in [2.45, 2.75) is 59.1 Å². The number of aliphatic hydroxyl groups excluding tert-OH is 1. The maximum atomic E-state index is 13.7. The Morgan fingerprint density at radius 2 is 1.63 bits per heavy atom. The third kappa shape index (κ3) is 9.40. The first-order valence-electron chi connectivity index (χ1n) is 20.2. The Balaban J connectivity index is 1.01. The van der Waals surface area contributed by atoms with E-state index in [1.807, 2.05) is 74.6 Å². The lowest BCUT2D eigenvalue weighted by Crippen LogP contribution is -2.26. The van der Waals surface area contributed by atoms with Crippen LogP contribution in [0.4, 0.5) is 11.4 Å². The first-order valence-corrected chi connectivity index (χ1v) is 20.2. The number of carbonyl (C=O) groups excluding carboxylic acids is 2. The Morgan fingerprint density at radius 3 is 2.43 bits per heavy atom. The summed E-state index contributed by atoms with van der Waals surface area (Å²) in [6.07, 6.45) is 3.49. The number of amides is 1. The molecule has 7 aromatic rings. The highest BCUT2D eigenvalue weighted by Gasteiger charge is 2.19. The minimum atomic E-state index is -0.767. The molecule has 0 bridgehead atoms. The van der Waals surface area contributed by atoms with Crippen LogP contribution in [0.15, 0.2) is 120 Å². The smallest absolute Gasteiger partial charge is 0.253 e. The van der Waals surface area contributed by atoms with Crippen molar-refractivity contribution in [1.82, 2.24) is 14.9 Å². The highest BCUT2D eigenvalue weighted by atomic mass is 16.5. The van der Waals surface area contributed by atoms with Gasteiger partial charge < -0.3 is 30.2 Å². The van der Waals surface area contributed by atoms with Gasteiger partial charge in [0.1, 0.15) is 11.5 Å². The van der Waals surface area contributed by atoms with Crippen LogP contribution in [0.5, 0.6) is 11.5 Å². The number of pyridine rings is 2. The van der Waals surface area contributed by atoms with E-state index < -0.39 is 6.10 Å². The van der Waals surface area contributed by atoms with Gasteiger partial charge in [-0.1, -0.05) is 61.5 Å². The van der Waals surface area contributed by atoms with Crippen molar-refractivity contribution >= 4 is 44.9 Å². The fourth-order valence-electron chi connectivity index (χ4n) is 8.03. The number of ether oxygens (including phenoxy) is 1. The van der Waals surface area contributed by atoms with Crippen molar-refractivity contribution in [1.29, 1.82) is 0 Å². The van der Waals surface area contributed by atoms with Crippen LogP contribution >= 0.6 is 0 Å². The largest absolute Gasteiger partial charge is 0.506 e. The number of aromatic amines is 1. The van der Waals surface area contributed by atoms with Crippen LogP contribution < -0.4 is 15.6 Å². The number of nitrogens with zero attached hydrogens (tertiary/aromatic N) is 2. The van der Waals surface area contributed by atoms with Gasteiger partial charge in [0.05, 0.1) is 35.5 Å². The molecule has 10 nitrogen and oxygen atoms in total. The molecule has 7 rings (SSSR count). The second kappa shape index (κ2) is 18.0. The number of aryl methyl sites for hydroxylation is 1. The maximum absolute atomic E-state index is 13.7. The average Bonchev–Trinajstić information content (AvgIpc) is 3.23. The van der Waals surface area contributed by atoms with Gasteiger partial charge in [-0.2, -0.15) is 0 Å². The standard InChI is InChI=1S/C50H50N4O6/c1-30(15-18-44(56)40-16-19-45(57)49-41(40)17-20-46(58)53-49)21-33-10-7-12-37(25-33)50(59)54(4)29-35-11-6-9-34(23-35)24-36-22-31(2)47-42(26-36)48(43(28-51-47)32(3)55)52-38-13-8-14-39(27-38)60-5/h6-14,16-17,19-20,22-23,25-28,30,44,56-57H,15,18,21,24,29H2,1-5H3,(H,51,52)(H,53,58)/t30?,44-/m0/s1. The molecular weight excluding hydrogens is 753 g/mol. The molecule has 306 valence electrons. The van der Waals surface area contributed by atoms with E-state index in [1.54, 1.807) is 37.3 Å². The van der Waals surface area contributed by atoms with Crippen LogP contribution in [0.1, 0.15) is 86.9 Å². The first kappa shape index (κ1) is 41.4. The number of Topliss-reactive ketones (excluding diaryl/α,β-unsaturated/α-hetero) is 1. The van der Waals surface area contributed by atoms with Gasteiger partial charge in [-0.05, 0) is 121 Å². The van der Waals surface area contributed by atoms with Gasteiger partial charge >= 0.3 is 0 Å². The van der Waals surface area contributed by atoms with Gasteiger partial charge in [0, 0.05) is 53.9 Å². The normalized spacial score (nSPS) is 12.3. The number of aromatic nitrogens is 2. The van der Waals surface area contributed by atoms with Crippen LogP contribution in [-0.4, -0.2) is 50.9 Å². The molecule has 0 aliphatic heterocycles. The molecular formula is C50H50N4O6. The van der Waals surface area contributed by atoms with E-state index in [4.69, 9.17) is 4.74 Å². The Morgan fingerprint density at radius 1 is 0.867 bits per heavy atom. The van der Waals surface area contributed by atoms with Gasteiger partial charge in [-0.3, -0.25) is 19.4 Å². The summed E-state index contributed by atoms with van der Waals surface area (Å²) in [4.78, 5) is 47.4. The zero-order chi connectivity index (χ0) is 42.5. The molecule has 1 amide bonds. The second-order valence-corrected chi connectivity index (χ2v) is 15.8. The van der Waals surface area contributed by atoms with Crippen molar-refractivity contribution in [2.24, 2.45) is 5.92 Å². The maximum Gasteiger partial charge on any atom is 0.253 e. The summed E-state index contributed by atoms with van der Waals surface area (Å²) in [5.74, 6) is 0.743. The third-order valence-electron chi connectivity index (χ3n) is 11.1. The Bertz CT molecular complexity index is 2780. The Hall–Kier alpha value is -6.78. The number of nitrogens with one attached hydrogen (secondary N) is 2. The number of methoxy groups -OCH3 is 1. The Kier molecular flexibility index (Phi) is 12.4. The number of hydrogen-bond donors (Lipinski definition) is 4. The molecule has 0 aliphatic carbocycles. The lowest BCUT2D eigenvalue weighted by molar-refractivity contribution is 0.0784. The van der Waals surface area contributed by atoms with E-state index in [0.29, 0.717) is 58.4 Å². The number of phenols is 1. The first-order chi connectivity index (χ1) is 28.9. The van der Waals surface area contributed by atoms with Crippen molar-refractivity contribution < 1.29 is 24.5 Å². The monoisotopic (exact) mass is 802 g/mol. The molecule has 4 N–H and O–H groups in total. The molecule has 0 saturated carbocycles. The minimum Gasteiger partial charge on any atom is -0.506 e. The quantitative estimate of drug-likeness (QED) is 0.0751. The van der Waals surface area contributed by atoms with Crippen LogP contribution in [-0.2, 0) is 19.4 Å². The van der Waals surface area contributed by atoms with Gasteiger partial charge in [-0.15, -0.1) is 0 Å². The van der Waals surface area contributed by atoms with E-state index in [-0.39, 0.29) is 28.9 Å². The third-order valence-corrected chi connectivity index (χ3v) is 11.1. The zero-order valence-electron chi connectivity index (χ0n) is 34.6. The zero-order valence-corrected chi connectivity index (χ0v) is 34.6. The number of benzene rings is 5. The van der Waals surface area contributed by atoms with Crippen molar-refractivity contribution in [3.63, 3.8) is 0 Å². The second-order valence-electron chi connectivity index (χ2n) is 15.8. The Labute approximate surface area is 349 Å². The lowest BCUT2D eigenvalue weighted by atomic mass is 9.92. The van der Waals surface area contributed by atoms with Crippen LogP contribution in [0.3, 0.4) is 0 Å². The van der Waals surface area contributed by atoms with Crippen molar-refractivity contribution in [3.8, 4) is 11.5 Å². The number of aromatic hydroxyl groups is 1. The molecule has 2 aromatic heterocycles. The SMILES string of the molecule is COc1cccc(Nc2c(C(C)=O)cnc3c(C)cc(Cc4cccc(CN(C)C(=O)c5cccc(CC(C)CC[C@H](O)c6ccc(O)c7[nH]c(=O)ccc67)c5)c4)cc23)c1. The van der Waals surface area contributed by atoms with E-state index in [1.165, 1.54) is 12.1 Å². The van der Waals surface area contributed by atoms with E-state index in [0.717, 1.165) is 57.2 Å². The molecule has 60 heavy (non-hydrogen) atoms. The fourth-order valence-corrected chi connectivity index (χ4v) is 8.03. The number of phenolic OH excluding ortho intramolecular Hbond substituents is 1. The number of ketones is 1. The summed E-state index contributed by atoms with van der Waals surface area (Å²) in [6, 6.07) is 34.1. The summed E-state index contributed by atoms with van der Waals surface area (Å²) in [5, 5.41) is 26.3. The summed E-state index contributed by atoms with van der Waals surface area (Å²) >= 11 is 0. The molecule has 1 unspecified atom stereocenters. The molecule has 0 fully saturated rings. The number of aliphatic hydroxyl groups is 1. The molecule has 10 heteroatoms. The summed E-state index contributed by atoms with van der Waals surface area (Å²) in [5.41, 5.74) is 9.34. The topological polar surface area (TPSA) is 145 Å². The van der Waals surface area contributed by atoms with E-state index in [2.05, 4.69) is 46.5 Å². The van der Waals surface area contributed by atoms with Gasteiger partial charge in [-0.25, -0.2) is 0 Å². The predicted molar refractivity (Wildman–Crippen MR) is 238 cm³/mol. The average molecular weight is 803 g/mol. The number of rotatable bonds is 15. The molecule has 0 aliphatic rings. The van der Waals surface area contributed by atoms with E-state index in [9.17, 15) is 24.6 Å². The highest BCUT2D eigenvalue weighted by Crippen LogP contribution is 2.34. The predicted octanol–water partition coefficient (Wildman–Crippen LogP) is 9.60. The van der Waals surface area contributed by atoms with Crippen LogP contribution in [0, 0.1) is 12.8 Å². The van der Waals surface area contributed by atoms with Crippen molar-refractivity contribution in [3.05, 3.63) is 170 Å². The molecule has 2 heterocycles. The van der Waals surface area contributed by atoms with E-state index >= 15 is 0 Å². The molecule has 0 saturated heterocycles. The summed E-state index contributed by atoms with van der Waals surface area (Å²) in [6.45, 7) is 6.14. The summed E-state index contributed by atoms with van der Waals surface area (Å²) < 4.78 is 5.43. The molecule has 0 radical (unpaired) electrons.